The quantitative estimate of drug-likeness (QED) is 0.923. The van der Waals surface area contributed by atoms with Crippen LogP contribution in [0.5, 0.6) is 0 Å². The Morgan fingerprint density at radius 2 is 2.10 bits per heavy atom. The summed E-state index contributed by atoms with van der Waals surface area (Å²) in [6.45, 7) is 4.47. The van der Waals surface area contributed by atoms with Crippen LogP contribution in [0.25, 0.3) is 0 Å². The Morgan fingerprint density at radius 3 is 2.70 bits per heavy atom. The maximum Gasteiger partial charge on any atom is 0.293 e. The first-order valence-corrected chi connectivity index (χ1v) is 6.47. The Morgan fingerprint density at radius 1 is 1.40 bits per heavy atom. The van der Waals surface area contributed by atoms with E-state index in [9.17, 15) is 4.79 Å². The van der Waals surface area contributed by atoms with Crippen molar-refractivity contribution in [1.82, 2.24) is 9.55 Å². The second kappa shape index (κ2) is 6.02. The van der Waals surface area contributed by atoms with Gasteiger partial charge >= 0.3 is 0 Å². The van der Waals surface area contributed by atoms with Crippen molar-refractivity contribution in [3.63, 3.8) is 0 Å². The molecule has 102 valence electrons. The van der Waals surface area contributed by atoms with Crippen molar-refractivity contribution in [2.75, 3.05) is 5.32 Å². The van der Waals surface area contributed by atoms with Gasteiger partial charge in [0, 0.05) is 18.9 Å². The van der Waals surface area contributed by atoms with Crippen LogP contribution < -0.4 is 10.9 Å². The molecule has 1 aromatic heterocycles. The summed E-state index contributed by atoms with van der Waals surface area (Å²) in [6.07, 6.45) is 3.28. The zero-order valence-electron chi connectivity index (χ0n) is 11.5. The van der Waals surface area contributed by atoms with Crippen LogP contribution in [0.2, 0.25) is 0 Å². The first-order valence-electron chi connectivity index (χ1n) is 6.47. The highest BCUT2D eigenvalue weighted by Crippen LogP contribution is 2.16. The monoisotopic (exact) mass is 268 g/mol. The van der Waals surface area contributed by atoms with Gasteiger partial charge in [0.15, 0.2) is 5.82 Å². The molecule has 1 heterocycles. The van der Waals surface area contributed by atoms with Gasteiger partial charge in [-0.2, -0.15) is 5.26 Å². The third-order valence-corrected chi connectivity index (χ3v) is 3.15. The summed E-state index contributed by atoms with van der Waals surface area (Å²) in [5, 5.41) is 11.9. The fourth-order valence-electron chi connectivity index (χ4n) is 1.93. The van der Waals surface area contributed by atoms with Gasteiger partial charge in [-0.15, -0.1) is 0 Å². The van der Waals surface area contributed by atoms with Crippen LogP contribution >= 0.6 is 0 Å². The lowest BCUT2D eigenvalue weighted by Gasteiger charge is -2.15. The van der Waals surface area contributed by atoms with Gasteiger partial charge in [0.2, 0.25) is 0 Å². The van der Waals surface area contributed by atoms with Gasteiger partial charge in [-0.1, -0.05) is 12.1 Å². The van der Waals surface area contributed by atoms with E-state index in [1.807, 2.05) is 26.0 Å². The molecule has 0 bridgehead atoms. The molecule has 0 amide bonds. The SMILES string of the molecule is CCn1ccnc(NC(C)c2ccc(C#N)cc2)c1=O. The van der Waals surface area contributed by atoms with Crippen LogP contribution in [-0.4, -0.2) is 9.55 Å². The molecule has 5 heteroatoms. The third-order valence-electron chi connectivity index (χ3n) is 3.15. The number of hydrogen-bond acceptors (Lipinski definition) is 4. The Labute approximate surface area is 117 Å². The molecule has 5 nitrogen and oxygen atoms in total. The number of nitriles is 1. The number of hydrogen-bond donors (Lipinski definition) is 1. The third kappa shape index (κ3) is 2.86. The smallest absolute Gasteiger partial charge is 0.293 e. The molecule has 0 aliphatic rings. The molecule has 1 N–H and O–H groups in total. The predicted octanol–water partition coefficient (Wildman–Crippen LogP) is 2.31. The van der Waals surface area contributed by atoms with E-state index in [0.29, 0.717) is 17.9 Å². The van der Waals surface area contributed by atoms with Gasteiger partial charge in [-0.25, -0.2) is 4.98 Å². The molecule has 2 rings (SSSR count). The fourth-order valence-corrected chi connectivity index (χ4v) is 1.93. The number of nitrogens with zero attached hydrogens (tertiary/aromatic N) is 3. The standard InChI is InChI=1S/C15H16N4O/c1-3-19-9-8-17-14(15(19)20)18-11(2)13-6-4-12(10-16)5-7-13/h4-9,11H,3H2,1-2H3,(H,17,18). The van der Waals surface area contributed by atoms with Crippen molar-refractivity contribution in [2.24, 2.45) is 0 Å². The molecule has 2 aromatic rings. The molecule has 0 saturated carbocycles. The highest BCUT2D eigenvalue weighted by molar-refractivity contribution is 5.38. The summed E-state index contributed by atoms with van der Waals surface area (Å²) >= 11 is 0. The van der Waals surface area contributed by atoms with Crippen LogP contribution in [0.1, 0.15) is 31.0 Å². The van der Waals surface area contributed by atoms with Crippen LogP contribution in [-0.2, 0) is 6.54 Å². The Bertz CT molecular complexity index is 682. The highest BCUT2D eigenvalue weighted by Gasteiger charge is 2.09. The molecular formula is C15H16N4O. The zero-order chi connectivity index (χ0) is 14.5. The minimum Gasteiger partial charge on any atom is -0.359 e. The van der Waals surface area contributed by atoms with Crippen molar-refractivity contribution in [1.29, 1.82) is 5.26 Å². The molecular weight excluding hydrogens is 252 g/mol. The molecule has 0 spiro atoms. The fraction of sp³-hybridized carbons (Fsp3) is 0.267. The maximum absolute atomic E-state index is 12.1. The number of benzene rings is 1. The van der Waals surface area contributed by atoms with Gasteiger partial charge in [0.1, 0.15) is 0 Å². The number of nitrogens with one attached hydrogen (secondary N) is 1. The molecule has 0 fully saturated rings. The van der Waals surface area contributed by atoms with Crippen LogP contribution in [0.15, 0.2) is 41.5 Å². The summed E-state index contributed by atoms with van der Waals surface area (Å²) < 4.78 is 1.60. The van der Waals surface area contributed by atoms with Gasteiger partial charge in [-0.3, -0.25) is 4.79 Å². The van der Waals surface area contributed by atoms with E-state index < -0.39 is 0 Å². The Balaban J connectivity index is 2.21. The van der Waals surface area contributed by atoms with Crippen molar-refractivity contribution >= 4 is 5.82 Å². The summed E-state index contributed by atoms with van der Waals surface area (Å²) in [7, 11) is 0. The van der Waals surface area contributed by atoms with E-state index in [0.717, 1.165) is 5.56 Å². The van der Waals surface area contributed by atoms with E-state index in [-0.39, 0.29) is 11.6 Å². The van der Waals surface area contributed by atoms with Gasteiger partial charge in [0.05, 0.1) is 17.7 Å². The second-order valence-corrected chi connectivity index (χ2v) is 4.47. The molecule has 20 heavy (non-hydrogen) atoms. The van der Waals surface area contributed by atoms with Crippen molar-refractivity contribution in [3.8, 4) is 6.07 Å². The summed E-state index contributed by atoms with van der Waals surface area (Å²) in [5.74, 6) is 0.339. The first-order chi connectivity index (χ1) is 9.65. The summed E-state index contributed by atoms with van der Waals surface area (Å²) in [5.41, 5.74) is 1.49. The van der Waals surface area contributed by atoms with Gasteiger partial charge < -0.3 is 9.88 Å². The first kappa shape index (κ1) is 13.8. The van der Waals surface area contributed by atoms with Crippen molar-refractivity contribution in [2.45, 2.75) is 26.4 Å². The lowest BCUT2D eigenvalue weighted by Crippen LogP contribution is -2.24. The minimum absolute atomic E-state index is 0.0596. The average molecular weight is 268 g/mol. The Hall–Kier alpha value is -2.61. The van der Waals surface area contributed by atoms with E-state index in [4.69, 9.17) is 5.26 Å². The normalized spacial score (nSPS) is 11.7. The zero-order valence-corrected chi connectivity index (χ0v) is 11.5. The van der Waals surface area contributed by atoms with Crippen LogP contribution in [0.3, 0.4) is 0 Å². The lowest BCUT2D eigenvalue weighted by molar-refractivity contribution is 0.714. The molecule has 1 unspecified atom stereocenters. The topological polar surface area (TPSA) is 70.7 Å². The second-order valence-electron chi connectivity index (χ2n) is 4.47. The maximum atomic E-state index is 12.1. The number of aryl methyl sites for hydroxylation is 1. The van der Waals surface area contributed by atoms with E-state index in [1.165, 1.54) is 0 Å². The van der Waals surface area contributed by atoms with E-state index >= 15 is 0 Å². The van der Waals surface area contributed by atoms with E-state index in [2.05, 4.69) is 16.4 Å². The van der Waals surface area contributed by atoms with Crippen LogP contribution in [0.4, 0.5) is 5.82 Å². The van der Waals surface area contributed by atoms with Gasteiger partial charge in [0.25, 0.3) is 5.56 Å². The summed E-state index contributed by atoms with van der Waals surface area (Å²) in [4.78, 5) is 16.2. The van der Waals surface area contributed by atoms with Crippen molar-refractivity contribution < 1.29 is 0 Å². The highest BCUT2D eigenvalue weighted by atomic mass is 16.1. The minimum atomic E-state index is -0.129. The van der Waals surface area contributed by atoms with Crippen molar-refractivity contribution in [3.05, 3.63) is 58.1 Å². The largest absolute Gasteiger partial charge is 0.359 e. The average Bonchev–Trinajstić information content (AvgIpc) is 2.49. The molecule has 0 aliphatic carbocycles. The molecule has 0 aliphatic heterocycles. The molecule has 1 atom stereocenters. The molecule has 0 saturated heterocycles. The Kier molecular flexibility index (Phi) is 4.16. The number of rotatable bonds is 4. The molecule has 1 aromatic carbocycles. The van der Waals surface area contributed by atoms with E-state index in [1.54, 1.807) is 29.1 Å². The number of anilines is 1. The van der Waals surface area contributed by atoms with Gasteiger partial charge in [-0.05, 0) is 31.5 Å². The lowest BCUT2D eigenvalue weighted by atomic mass is 10.1. The summed E-state index contributed by atoms with van der Waals surface area (Å²) in [6, 6.07) is 9.29. The number of aromatic nitrogens is 2. The van der Waals surface area contributed by atoms with Crippen LogP contribution in [0, 0.1) is 11.3 Å². The predicted molar refractivity (Wildman–Crippen MR) is 77.4 cm³/mol. The molecule has 0 radical (unpaired) electrons.